The van der Waals surface area contributed by atoms with E-state index >= 15 is 0 Å². The maximum atomic E-state index is 14.1. The van der Waals surface area contributed by atoms with E-state index in [1.165, 1.54) is 0 Å². The van der Waals surface area contributed by atoms with Crippen LogP contribution >= 0.6 is 38.9 Å². The first-order valence-corrected chi connectivity index (χ1v) is 7.40. The van der Waals surface area contributed by atoms with Gasteiger partial charge in [0.05, 0.1) is 14.9 Å². The van der Waals surface area contributed by atoms with Crippen molar-refractivity contribution in [1.82, 2.24) is 5.32 Å². The van der Waals surface area contributed by atoms with E-state index in [0.29, 0.717) is 5.56 Å². The molecule has 2 rings (SSSR count). The van der Waals surface area contributed by atoms with E-state index in [0.717, 1.165) is 14.2 Å². The Morgan fingerprint density at radius 2 is 2.17 bits per heavy atom. The topological polar surface area (TPSA) is 12.0 Å². The SMILES string of the molecule is CNC(c1cc(C)c(Br)s1)c1cccc(Cl)c1F. The summed E-state index contributed by atoms with van der Waals surface area (Å²) >= 11 is 10.9. The first-order chi connectivity index (χ1) is 8.54. The molecule has 2 aromatic rings. The van der Waals surface area contributed by atoms with Crippen molar-refractivity contribution in [2.24, 2.45) is 0 Å². The molecular weight excluding hydrogens is 337 g/mol. The molecule has 0 aliphatic rings. The van der Waals surface area contributed by atoms with Crippen molar-refractivity contribution < 1.29 is 4.39 Å². The van der Waals surface area contributed by atoms with Crippen LogP contribution in [-0.4, -0.2) is 7.05 Å². The lowest BCUT2D eigenvalue weighted by atomic mass is 10.0. The van der Waals surface area contributed by atoms with Crippen molar-refractivity contribution in [2.75, 3.05) is 7.05 Å². The van der Waals surface area contributed by atoms with Gasteiger partial charge in [-0.3, -0.25) is 0 Å². The molecule has 1 heterocycles. The van der Waals surface area contributed by atoms with Crippen molar-refractivity contribution in [3.8, 4) is 0 Å². The number of hydrogen-bond acceptors (Lipinski definition) is 2. The Hall–Kier alpha value is -0.420. The number of aryl methyl sites for hydroxylation is 1. The second-order valence-corrected chi connectivity index (χ2v) is 6.78. The van der Waals surface area contributed by atoms with Crippen molar-refractivity contribution in [3.63, 3.8) is 0 Å². The number of nitrogens with one attached hydrogen (secondary N) is 1. The second kappa shape index (κ2) is 5.70. The van der Waals surface area contributed by atoms with Crippen LogP contribution in [0.2, 0.25) is 5.02 Å². The van der Waals surface area contributed by atoms with Crippen LogP contribution in [0.4, 0.5) is 4.39 Å². The van der Waals surface area contributed by atoms with E-state index in [-0.39, 0.29) is 16.9 Å². The third-order valence-corrected chi connectivity index (χ3v) is 5.24. The van der Waals surface area contributed by atoms with Gasteiger partial charge in [-0.15, -0.1) is 11.3 Å². The zero-order valence-corrected chi connectivity index (χ0v) is 13.1. The monoisotopic (exact) mass is 347 g/mol. The Bertz CT molecular complexity index is 551. The van der Waals surface area contributed by atoms with Gasteiger partial charge in [-0.2, -0.15) is 0 Å². The van der Waals surface area contributed by atoms with Gasteiger partial charge in [0, 0.05) is 10.4 Å². The van der Waals surface area contributed by atoms with Crippen LogP contribution in [-0.2, 0) is 0 Å². The number of rotatable bonds is 3. The van der Waals surface area contributed by atoms with Crippen LogP contribution in [0.15, 0.2) is 28.1 Å². The molecule has 1 N–H and O–H groups in total. The van der Waals surface area contributed by atoms with Crippen LogP contribution in [0, 0.1) is 12.7 Å². The minimum absolute atomic E-state index is 0.153. The number of hydrogen-bond donors (Lipinski definition) is 1. The molecule has 0 aliphatic carbocycles. The van der Waals surface area contributed by atoms with Gasteiger partial charge in [-0.1, -0.05) is 23.7 Å². The zero-order chi connectivity index (χ0) is 13.3. The third kappa shape index (κ3) is 2.62. The van der Waals surface area contributed by atoms with Crippen LogP contribution in [0.3, 0.4) is 0 Å². The third-order valence-electron chi connectivity index (χ3n) is 2.74. The van der Waals surface area contributed by atoms with Crippen LogP contribution in [0.25, 0.3) is 0 Å². The van der Waals surface area contributed by atoms with Gasteiger partial charge in [0.2, 0.25) is 0 Å². The number of halogens is 3. The molecule has 5 heteroatoms. The summed E-state index contributed by atoms with van der Waals surface area (Å²) in [6.07, 6.45) is 0. The fourth-order valence-electron chi connectivity index (χ4n) is 1.82. The van der Waals surface area contributed by atoms with Gasteiger partial charge in [0.15, 0.2) is 0 Å². The quantitative estimate of drug-likeness (QED) is 0.830. The first kappa shape index (κ1) is 14.0. The summed E-state index contributed by atoms with van der Waals surface area (Å²) < 4.78 is 15.1. The smallest absolute Gasteiger partial charge is 0.146 e. The molecule has 0 fully saturated rings. The first-order valence-electron chi connectivity index (χ1n) is 5.41. The van der Waals surface area contributed by atoms with E-state index in [2.05, 4.69) is 27.3 Å². The predicted octanol–water partition coefficient (Wildman–Crippen LogP) is 4.92. The second-order valence-electron chi connectivity index (χ2n) is 3.97. The number of benzene rings is 1. The van der Waals surface area contributed by atoms with Crippen molar-refractivity contribution >= 4 is 38.9 Å². The Morgan fingerprint density at radius 3 is 2.72 bits per heavy atom. The molecule has 0 amide bonds. The normalized spacial score (nSPS) is 12.7. The number of thiophene rings is 1. The van der Waals surface area contributed by atoms with Crippen LogP contribution < -0.4 is 5.32 Å². The molecule has 0 spiro atoms. The summed E-state index contributed by atoms with van der Waals surface area (Å²) in [6, 6.07) is 6.95. The molecule has 0 saturated heterocycles. The summed E-state index contributed by atoms with van der Waals surface area (Å²) in [6.45, 7) is 2.02. The Morgan fingerprint density at radius 1 is 1.44 bits per heavy atom. The summed E-state index contributed by atoms with van der Waals surface area (Å²) in [7, 11) is 1.81. The molecule has 0 radical (unpaired) electrons. The van der Waals surface area contributed by atoms with Crippen molar-refractivity contribution in [2.45, 2.75) is 13.0 Å². The maximum Gasteiger partial charge on any atom is 0.146 e. The van der Waals surface area contributed by atoms with Crippen molar-refractivity contribution in [1.29, 1.82) is 0 Å². The summed E-state index contributed by atoms with van der Waals surface area (Å²) in [5, 5.41) is 3.29. The molecule has 1 unspecified atom stereocenters. The lowest BCUT2D eigenvalue weighted by molar-refractivity contribution is 0.579. The van der Waals surface area contributed by atoms with Crippen LogP contribution in [0.1, 0.15) is 22.0 Å². The van der Waals surface area contributed by atoms with E-state index in [1.54, 1.807) is 29.5 Å². The lowest BCUT2D eigenvalue weighted by Crippen LogP contribution is -2.18. The van der Waals surface area contributed by atoms with Gasteiger partial charge >= 0.3 is 0 Å². The highest BCUT2D eigenvalue weighted by molar-refractivity contribution is 9.11. The van der Waals surface area contributed by atoms with Gasteiger partial charge in [-0.25, -0.2) is 4.39 Å². The van der Waals surface area contributed by atoms with E-state index in [4.69, 9.17) is 11.6 Å². The standard InChI is InChI=1S/C13H12BrClFNS/c1-7-6-10(18-13(7)14)12(17-2)8-4-3-5-9(15)11(8)16/h3-6,12,17H,1-2H3. The van der Waals surface area contributed by atoms with Crippen LogP contribution in [0.5, 0.6) is 0 Å². The summed E-state index contributed by atoms with van der Waals surface area (Å²) in [5.41, 5.74) is 1.72. The lowest BCUT2D eigenvalue weighted by Gasteiger charge is -2.16. The molecule has 0 saturated carbocycles. The minimum Gasteiger partial charge on any atom is -0.309 e. The Balaban J connectivity index is 2.48. The highest BCUT2D eigenvalue weighted by atomic mass is 79.9. The van der Waals surface area contributed by atoms with E-state index in [9.17, 15) is 4.39 Å². The predicted molar refractivity (Wildman–Crippen MR) is 79.1 cm³/mol. The summed E-state index contributed by atoms with van der Waals surface area (Å²) in [5.74, 6) is -0.360. The van der Waals surface area contributed by atoms with E-state index < -0.39 is 0 Å². The summed E-state index contributed by atoms with van der Waals surface area (Å²) in [4.78, 5) is 1.06. The average molecular weight is 349 g/mol. The molecule has 18 heavy (non-hydrogen) atoms. The molecule has 1 aromatic heterocycles. The maximum absolute atomic E-state index is 14.1. The highest BCUT2D eigenvalue weighted by Crippen LogP contribution is 2.35. The fraction of sp³-hybridized carbons (Fsp3) is 0.231. The molecule has 1 atom stereocenters. The van der Waals surface area contributed by atoms with Gasteiger partial charge < -0.3 is 5.32 Å². The Kier molecular flexibility index (Phi) is 4.43. The van der Waals surface area contributed by atoms with Gasteiger partial charge in [0.25, 0.3) is 0 Å². The molecule has 0 bridgehead atoms. The fourth-order valence-corrected chi connectivity index (χ4v) is 3.70. The van der Waals surface area contributed by atoms with E-state index in [1.807, 2.05) is 14.0 Å². The largest absolute Gasteiger partial charge is 0.309 e. The molecule has 0 aliphatic heterocycles. The molecular formula is C13H12BrClFNS. The average Bonchev–Trinajstić information content (AvgIpc) is 2.66. The molecule has 96 valence electrons. The minimum atomic E-state index is -0.360. The van der Waals surface area contributed by atoms with Gasteiger partial charge in [0.1, 0.15) is 5.82 Å². The van der Waals surface area contributed by atoms with Gasteiger partial charge in [-0.05, 0) is 47.6 Å². The molecule has 1 aromatic carbocycles. The zero-order valence-electron chi connectivity index (χ0n) is 9.93. The van der Waals surface area contributed by atoms with Crippen molar-refractivity contribution in [3.05, 3.63) is 54.9 Å². The molecule has 1 nitrogen and oxygen atoms in total. The Labute approximate surface area is 123 Å². The highest BCUT2D eigenvalue weighted by Gasteiger charge is 2.20.